The molecule has 2 N–H and O–H groups in total. The molecule has 1 saturated heterocycles. The Balaban J connectivity index is 1.62. The van der Waals surface area contributed by atoms with Crippen molar-refractivity contribution < 1.29 is 9.18 Å². The number of amides is 1. The minimum Gasteiger partial charge on any atom is -0.364 e. The first-order valence-electron chi connectivity index (χ1n) is 9.17. The van der Waals surface area contributed by atoms with Crippen molar-refractivity contribution in [2.45, 2.75) is 26.4 Å². The SMILES string of the molecule is CCN1C[C@@H](C)[C@H](C2=NN3C(=CNC3C3=CC=C(F)CC=C3)C(=O)N2)C1. The number of allylic oxidation sites excluding steroid dienone is 4. The lowest BCUT2D eigenvalue weighted by Gasteiger charge is -2.31. The molecule has 26 heavy (non-hydrogen) atoms. The molecule has 1 aliphatic carbocycles. The van der Waals surface area contributed by atoms with Crippen molar-refractivity contribution in [3.8, 4) is 0 Å². The van der Waals surface area contributed by atoms with E-state index in [0.29, 0.717) is 11.6 Å². The fourth-order valence-electron chi connectivity index (χ4n) is 3.92. The summed E-state index contributed by atoms with van der Waals surface area (Å²) >= 11 is 0. The van der Waals surface area contributed by atoms with E-state index in [9.17, 15) is 9.18 Å². The van der Waals surface area contributed by atoms with E-state index in [2.05, 4.69) is 29.4 Å². The van der Waals surface area contributed by atoms with E-state index in [1.165, 1.54) is 6.08 Å². The second-order valence-electron chi connectivity index (χ2n) is 7.21. The van der Waals surface area contributed by atoms with Crippen LogP contribution in [0.15, 0.2) is 52.7 Å². The van der Waals surface area contributed by atoms with Gasteiger partial charge in [-0.3, -0.25) is 4.79 Å². The fourth-order valence-corrected chi connectivity index (χ4v) is 3.92. The van der Waals surface area contributed by atoms with Crippen molar-refractivity contribution in [3.63, 3.8) is 0 Å². The molecular weight excluding hydrogens is 333 g/mol. The largest absolute Gasteiger partial charge is 0.364 e. The Bertz CT molecular complexity index is 766. The van der Waals surface area contributed by atoms with Gasteiger partial charge >= 0.3 is 0 Å². The van der Waals surface area contributed by atoms with Gasteiger partial charge in [-0.2, -0.15) is 5.10 Å². The number of hydrogen-bond donors (Lipinski definition) is 2. The third-order valence-corrected chi connectivity index (χ3v) is 5.44. The second kappa shape index (κ2) is 6.72. The number of amidine groups is 1. The zero-order valence-electron chi connectivity index (χ0n) is 15.1. The van der Waals surface area contributed by atoms with E-state index in [1.807, 2.05) is 6.08 Å². The summed E-state index contributed by atoms with van der Waals surface area (Å²) in [6, 6.07) is 0. The predicted molar refractivity (Wildman–Crippen MR) is 98.2 cm³/mol. The van der Waals surface area contributed by atoms with Crippen LogP contribution < -0.4 is 10.6 Å². The van der Waals surface area contributed by atoms with Gasteiger partial charge in [0.25, 0.3) is 5.91 Å². The number of carbonyl (C=O) groups is 1. The average molecular weight is 357 g/mol. The molecular formula is C19H24FN5O. The van der Waals surface area contributed by atoms with Gasteiger partial charge in [-0.1, -0.05) is 32.1 Å². The summed E-state index contributed by atoms with van der Waals surface area (Å²) in [5.41, 5.74) is 1.36. The lowest BCUT2D eigenvalue weighted by Crippen LogP contribution is -2.49. The molecule has 0 aromatic rings. The summed E-state index contributed by atoms with van der Waals surface area (Å²) in [6.07, 6.45) is 8.55. The molecule has 3 heterocycles. The van der Waals surface area contributed by atoms with E-state index in [-0.39, 0.29) is 30.2 Å². The van der Waals surface area contributed by atoms with Crippen molar-refractivity contribution in [2.24, 2.45) is 16.9 Å². The van der Waals surface area contributed by atoms with E-state index in [0.717, 1.165) is 31.0 Å². The fraction of sp³-hybridized carbons (Fsp3) is 0.474. The number of likely N-dealkylation sites (tertiary alicyclic amines) is 1. The molecule has 1 fully saturated rings. The maximum Gasteiger partial charge on any atom is 0.276 e. The van der Waals surface area contributed by atoms with Crippen LogP contribution in [0.25, 0.3) is 0 Å². The number of fused-ring (bicyclic) bond motifs is 1. The highest BCUT2D eigenvalue weighted by Gasteiger charge is 2.40. The molecule has 138 valence electrons. The van der Waals surface area contributed by atoms with Crippen LogP contribution in [-0.2, 0) is 4.79 Å². The van der Waals surface area contributed by atoms with Crippen molar-refractivity contribution >= 4 is 11.7 Å². The predicted octanol–water partition coefficient (Wildman–Crippen LogP) is 1.83. The average Bonchev–Trinajstić information content (AvgIpc) is 3.15. The minimum absolute atomic E-state index is 0.146. The Morgan fingerprint density at radius 3 is 2.96 bits per heavy atom. The number of nitrogens with zero attached hydrogens (tertiary/aromatic N) is 3. The molecule has 0 aromatic carbocycles. The highest BCUT2D eigenvalue weighted by atomic mass is 19.1. The standard InChI is InChI=1S/C19H24FN5O/c1-3-24-10-12(2)15(11-24)17-22-19(26)16-9-21-18(25(16)23-17)13-5-4-6-14(20)8-7-13/h4-5,7-9,12,15,18,21H,3,6,10-11H2,1-2H3,(H,22,23,26)/t12-,15-,18?/m1/s1. The van der Waals surface area contributed by atoms with Gasteiger partial charge in [0.15, 0.2) is 0 Å². The lowest BCUT2D eigenvalue weighted by atomic mass is 9.96. The molecule has 4 rings (SSSR count). The first-order chi connectivity index (χ1) is 12.6. The normalized spacial score (nSPS) is 31.4. The van der Waals surface area contributed by atoms with E-state index < -0.39 is 0 Å². The molecule has 6 nitrogen and oxygen atoms in total. The van der Waals surface area contributed by atoms with Gasteiger partial charge in [-0.15, -0.1) is 0 Å². The highest BCUT2D eigenvalue weighted by Crippen LogP contribution is 2.29. The van der Waals surface area contributed by atoms with Crippen LogP contribution in [0.3, 0.4) is 0 Å². The van der Waals surface area contributed by atoms with Gasteiger partial charge in [0.2, 0.25) is 0 Å². The molecule has 0 radical (unpaired) electrons. The molecule has 0 bridgehead atoms. The van der Waals surface area contributed by atoms with Crippen LogP contribution in [0, 0.1) is 11.8 Å². The molecule has 1 unspecified atom stereocenters. The van der Waals surface area contributed by atoms with Gasteiger partial charge in [0.1, 0.15) is 23.5 Å². The molecule has 0 aromatic heterocycles. The maximum atomic E-state index is 13.5. The number of hydrazone groups is 1. The van der Waals surface area contributed by atoms with Crippen molar-refractivity contribution in [2.75, 3.05) is 19.6 Å². The molecule has 7 heteroatoms. The second-order valence-corrected chi connectivity index (χ2v) is 7.21. The Kier molecular flexibility index (Phi) is 4.40. The van der Waals surface area contributed by atoms with Crippen LogP contribution >= 0.6 is 0 Å². The summed E-state index contributed by atoms with van der Waals surface area (Å²) in [6.45, 7) is 7.26. The molecule has 4 aliphatic rings. The summed E-state index contributed by atoms with van der Waals surface area (Å²) in [7, 11) is 0. The zero-order chi connectivity index (χ0) is 18.3. The van der Waals surface area contributed by atoms with E-state index >= 15 is 0 Å². The maximum absolute atomic E-state index is 13.5. The van der Waals surface area contributed by atoms with Crippen LogP contribution in [0.5, 0.6) is 0 Å². The Morgan fingerprint density at radius 1 is 1.35 bits per heavy atom. The number of halogens is 1. The Hall–Kier alpha value is -2.41. The monoisotopic (exact) mass is 357 g/mol. The van der Waals surface area contributed by atoms with Gasteiger partial charge in [-0.25, -0.2) is 9.40 Å². The highest BCUT2D eigenvalue weighted by molar-refractivity contribution is 6.08. The Morgan fingerprint density at radius 2 is 2.19 bits per heavy atom. The van der Waals surface area contributed by atoms with Gasteiger partial charge in [-0.05, 0) is 24.1 Å². The smallest absolute Gasteiger partial charge is 0.276 e. The van der Waals surface area contributed by atoms with Crippen LogP contribution in [0.1, 0.15) is 20.3 Å². The summed E-state index contributed by atoms with van der Waals surface area (Å²) in [5, 5.41) is 12.7. The van der Waals surface area contributed by atoms with E-state index in [1.54, 1.807) is 23.4 Å². The Labute approximate surface area is 152 Å². The van der Waals surface area contributed by atoms with Gasteiger partial charge in [0, 0.05) is 31.6 Å². The molecule has 3 aliphatic heterocycles. The number of rotatable bonds is 3. The van der Waals surface area contributed by atoms with Crippen molar-refractivity contribution in [3.05, 3.63) is 47.6 Å². The van der Waals surface area contributed by atoms with E-state index in [4.69, 9.17) is 5.10 Å². The quantitative estimate of drug-likeness (QED) is 0.809. The van der Waals surface area contributed by atoms with Crippen LogP contribution in [0.2, 0.25) is 0 Å². The summed E-state index contributed by atoms with van der Waals surface area (Å²) in [4.78, 5) is 15.0. The number of nitrogens with one attached hydrogen (secondary N) is 2. The lowest BCUT2D eigenvalue weighted by molar-refractivity contribution is -0.118. The third-order valence-electron chi connectivity index (χ3n) is 5.44. The third kappa shape index (κ3) is 2.96. The minimum atomic E-state index is -0.302. The zero-order valence-corrected chi connectivity index (χ0v) is 15.1. The van der Waals surface area contributed by atoms with Crippen LogP contribution in [-0.4, -0.2) is 47.5 Å². The van der Waals surface area contributed by atoms with Gasteiger partial charge in [0.05, 0.1) is 0 Å². The summed E-state index contributed by atoms with van der Waals surface area (Å²) in [5.74, 6) is 1.04. The first-order valence-corrected chi connectivity index (χ1v) is 9.17. The number of carbonyl (C=O) groups excluding carboxylic acids is 1. The van der Waals surface area contributed by atoms with Crippen LogP contribution in [0.4, 0.5) is 4.39 Å². The first kappa shape index (κ1) is 17.0. The molecule has 1 amide bonds. The molecule has 3 atom stereocenters. The molecule has 0 saturated carbocycles. The summed E-state index contributed by atoms with van der Waals surface area (Å²) < 4.78 is 13.5. The van der Waals surface area contributed by atoms with Gasteiger partial charge < -0.3 is 15.5 Å². The number of hydrogen-bond acceptors (Lipinski definition) is 5. The van der Waals surface area contributed by atoms with Crippen molar-refractivity contribution in [1.82, 2.24) is 20.5 Å². The topological polar surface area (TPSA) is 60.0 Å². The van der Waals surface area contributed by atoms with Crippen molar-refractivity contribution in [1.29, 1.82) is 0 Å². The molecule has 0 spiro atoms.